The number of aliphatic hydroxyl groups excluding tert-OH is 1. The highest BCUT2D eigenvalue weighted by atomic mass is 35.5. The molecule has 1 aromatic heterocycles. The molecule has 1 unspecified atom stereocenters. The van der Waals surface area contributed by atoms with Crippen LogP contribution in [0.15, 0.2) is 42.6 Å². The Morgan fingerprint density at radius 1 is 1.35 bits per heavy atom. The van der Waals surface area contributed by atoms with Crippen LogP contribution in [0.2, 0.25) is 0 Å². The van der Waals surface area contributed by atoms with Crippen LogP contribution in [0, 0.1) is 0 Å². The van der Waals surface area contributed by atoms with E-state index in [9.17, 15) is 9.90 Å². The van der Waals surface area contributed by atoms with E-state index in [1.807, 2.05) is 41.1 Å². The van der Waals surface area contributed by atoms with Crippen molar-refractivity contribution in [2.45, 2.75) is 25.0 Å². The van der Waals surface area contributed by atoms with E-state index in [0.717, 1.165) is 25.9 Å². The molecule has 3 rings (SSSR count). The Hall–Kier alpha value is -2.02. The minimum absolute atomic E-state index is 0. The van der Waals surface area contributed by atoms with Crippen LogP contribution >= 0.6 is 12.4 Å². The van der Waals surface area contributed by atoms with Crippen molar-refractivity contribution in [1.29, 1.82) is 0 Å². The first-order valence-corrected chi connectivity index (χ1v) is 8.67. The summed E-state index contributed by atoms with van der Waals surface area (Å²) in [6.45, 7) is 2.10. The molecule has 6 nitrogen and oxygen atoms in total. The van der Waals surface area contributed by atoms with Crippen molar-refractivity contribution in [1.82, 2.24) is 15.2 Å². The highest BCUT2D eigenvalue weighted by molar-refractivity contribution is 5.92. The number of hydrogen-bond acceptors (Lipinski definition) is 4. The molecule has 0 saturated carbocycles. The van der Waals surface area contributed by atoms with Gasteiger partial charge < -0.3 is 25.0 Å². The predicted molar refractivity (Wildman–Crippen MR) is 103 cm³/mol. The van der Waals surface area contributed by atoms with Crippen molar-refractivity contribution < 1.29 is 14.6 Å². The van der Waals surface area contributed by atoms with Crippen molar-refractivity contribution in [3.8, 4) is 5.75 Å². The molecular formula is C19H26ClN3O3. The van der Waals surface area contributed by atoms with Gasteiger partial charge in [0.05, 0.1) is 13.2 Å². The lowest BCUT2D eigenvalue weighted by atomic mass is 10.1. The summed E-state index contributed by atoms with van der Waals surface area (Å²) >= 11 is 0. The van der Waals surface area contributed by atoms with E-state index in [4.69, 9.17) is 4.74 Å². The fraction of sp³-hybridized carbons (Fsp3) is 0.421. The molecule has 0 radical (unpaired) electrons. The van der Waals surface area contributed by atoms with Gasteiger partial charge in [-0.15, -0.1) is 12.4 Å². The number of nitrogens with one attached hydrogen (secondary N) is 2. The number of methoxy groups -OCH3 is 1. The van der Waals surface area contributed by atoms with E-state index in [1.54, 1.807) is 13.2 Å². The van der Waals surface area contributed by atoms with Crippen LogP contribution in [-0.2, 0) is 0 Å². The Balaban J connectivity index is 0.00000243. The molecule has 1 aliphatic rings. The molecule has 1 aromatic carbocycles. The molecule has 0 aliphatic carbocycles. The van der Waals surface area contributed by atoms with Gasteiger partial charge in [0, 0.05) is 18.8 Å². The third kappa shape index (κ3) is 4.78. The molecule has 7 heteroatoms. The number of ether oxygens (including phenoxy) is 1. The van der Waals surface area contributed by atoms with E-state index in [-0.39, 0.29) is 24.9 Å². The zero-order valence-corrected chi connectivity index (χ0v) is 15.7. The smallest absolute Gasteiger partial charge is 0.268 e. The summed E-state index contributed by atoms with van der Waals surface area (Å²) in [5.41, 5.74) is 1.36. The third-order valence-corrected chi connectivity index (χ3v) is 4.65. The molecule has 142 valence electrons. The third-order valence-electron chi connectivity index (χ3n) is 4.65. The average molecular weight is 380 g/mol. The van der Waals surface area contributed by atoms with Gasteiger partial charge in [-0.1, -0.05) is 12.1 Å². The molecule has 1 atom stereocenters. The van der Waals surface area contributed by atoms with Gasteiger partial charge in [0.1, 0.15) is 11.4 Å². The molecule has 1 amide bonds. The number of halogens is 1. The Bertz CT molecular complexity index is 714. The van der Waals surface area contributed by atoms with Crippen molar-refractivity contribution in [3.05, 3.63) is 53.9 Å². The van der Waals surface area contributed by atoms with Crippen LogP contribution in [0.4, 0.5) is 0 Å². The maximum Gasteiger partial charge on any atom is 0.268 e. The first-order chi connectivity index (χ1) is 12.2. The summed E-state index contributed by atoms with van der Waals surface area (Å²) in [7, 11) is 1.59. The molecule has 2 heterocycles. The number of amides is 1. The fourth-order valence-electron chi connectivity index (χ4n) is 3.24. The SMILES string of the molecule is COc1cccc(C(O)CNC(=O)c2cccn2C2CCNCC2)c1.Cl. The molecule has 0 bridgehead atoms. The van der Waals surface area contributed by atoms with Crippen LogP contribution in [0.1, 0.15) is 41.0 Å². The standard InChI is InChI=1S/C19H25N3O3.ClH/c1-25-16-5-2-4-14(12-16)18(23)13-21-19(24)17-6-3-11-22(17)15-7-9-20-10-8-15;/h2-6,11-12,15,18,20,23H,7-10,13H2,1H3,(H,21,24);1H. The van der Waals surface area contributed by atoms with Crippen molar-refractivity contribution in [3.63, 3.8) is 0 Å². The summed E-state index contributed by atoms with van der Waals surface area (Å²) in [5, 5.41) is 16.5. The molecule has 1 fully saturated rings. The lowest BCUT2D eigenvalue weighted by Gasteiger charge is -2.26. The van der Waals surface area contributed by atoms with E-state index >= 15 is 0 Å². The summed E-state index contributed by atoms with van der Waals surface area (Å²) in [6, 6.07) is 11.3. The zero-order chi connectivity index (χ0) is 17.6. The molecular weight excluding hydrogens is 354 g/mol. The lowest BCUT2D eigenvalue weighted by Crippen LogP contribution is -2.33. The van der Waals surface area contributed by atoms with Crippen molar-refractivity contribution in [2.75, 3.05) is 26.7 Å². The Morgan fingerprint density at radius 2 is 2.12 bits per heavy atom. The Labute approximate surface area is 160 Å². The number of aromatic nitrogens is 1. The molecule has 26 heavy (non-hydrogen) atoms. The van der Waals surface area contributed by atoms with Crippen LogP contribution in [0.25, 0.3) is 0 Å². The summed E-state index contributed by atoms with van der Waals surface area (Å²) < 4.78 is 7.22. The van der Waals surface area contributed by atoms with Gasteiger partial charge in [-0.3, -0.25) is 4.79 Å². The number of carbonyl (C=O) groups is 1. The first-order valence-electron chi connectivity index (χ1n) is 8.67. The quantitative estimate of drug-likeness (QED) is 0.720. The number of rotatable bonds is 6. The van der Waals surface area contributed by atoms with Gasteiger partial charge >= 0.3 is 0 Å². The van der Waals surface area contributed by atoms with Crippen molar-refractivity contribution >= 4 is 18.3 Å². The number of nitrogens with zero attached hydrogens (tertiary/aromatic N) is 1. The Kier molecular flexibility index (Phi) is 7.50. The molecule has 1 saturated heterocycles. The van der Waals surface area contributed by atoms with Gasteiger partial charge in [-0.2, -0.15) is 0 Å². The fourth-order valence-corrected chi connectivity index (χ4v) is 3.24. The van der Waals surface area contributed by atoms with Gasteiger partial charge in [0.15, 0.2) is 0 Å². The lowest BCUT2D eigenvalue weighted by molar-refractivity contribution is 0.0903. The number of hydrogen-bond donors (Lipinski definition) is 3. The summed E-state index contributed by atoms with van der Waals surface area (Å²) in [5.74, 6) is 0.521. The van der Waals surface area contributed by atoms with Crippen LogP contribution in [0.3, 0.4) is 0 Å². The van der Waals surface area contributed by atoms with Gasteiger partial charge in [-0.25, -0.2) is 0 Å². The molecule has 2 aromatic rings. The Morgan fingerprint density at radius 3 is 2.85 bits per heavy atom. The zero-order valence-electron chi connectivity index (χ0n) is 14.9. The monoisotopic (exact) mass is 379 g/mol. The minimum atomic E-state index is -0.777. The largest absolute Gasteiger partial charge is 0.497 e. The van der Waals surface area contributed by atoms with Crippen LogP contribution in [-0.4, -0.2) is 42.3 Å². The predicted octanol–water partition coefficient (Wildman–Crippen LogP) is 2.31. The number of benzene rings is 1. The van der Waals surface area contributed by atoms with E-state index in [1.165, 1.54) is 0 Å². The van der Waals surface area contributed by atoms with E-state index in [2.05, 4.69) is 10.6 Å². The van der Waals surface area contributed by atoms with E-state index < -0.39 is 6.10 Å². The maximum atomic E-state index is 12.5. The average Bonchev–Trinajstić information content (AvgIpc) is 3.16. The highest BCUT2D eigenvalue weighted by Crippen LogP contribution is 2.22. The minimum Gasteiger partial charge on any atom is -0.497 e. The maximum absolute atomic E-state index is 12.5. The molecule has 1 aliphatic heterocycles. The normalized spacial score (nSPS) is 15.8. The second kappa shape index (κ2) is 9.62. The van der Waals surface area contributed by atoms with E-state index in [0.29, 0.717) is 23.0 Å². The molecule has 0 spiro atoms. The number of carbonyl (C=O) groups excluding carboxylic acids is 1. The second-order valence-electron chi connectivity index (χ2n) is 6.28. The summed E-state index contributed by atoms with van der Waals surface area (Å²) in [4.78, 5) is 12.5. The topological polar surface area (TPSA) is 75.5 Å². The van der Waals surface area contributed by atoms with Crippen molar-refractivity contribution in [2.24, 2.45) is 0 Å². The molecule has 3 N–H and O–H groups in total. The summed E-state index contributed by atoms with van der Waals surface area (Å²) in [6.07, 6.45) is 3.22. The number of piperidine rings is 1. The van der Waals surface area contributed by atoms with Gasteiger partial charge in [0.2, 0.25) is 0 Å². The second-order valence-corrected chi connectivity index (χ2v) is 6.28. The van der Waals surface area contributed by atoms with Gasteiger partial charge in [0.25, 0.3) is 5.91 Å². The number of aliphatic hydroxyl groups is 1. The highest BCUT2D eigenvalue weighted by Gasteiger charge is 2.20. The van der Waals surface area contributed by atoms with Crippen LogP contribution in [0.5, 0.6) is 5.75 Å². The first kappa shape index (κ1) is 20.3. The van der Waals surface area contributed by atoms with Crippen LogP contribution < -0.4 is 15.4 Å². The van der Waals surface area contributed by atoms with Gasteiger partial charge in [-0.05, 0) is 55.8 Å².